The third-order valence-corrected chi connectivity index (χ3v) is 3.05. The minimum Gasteiger partial charge on any atom is -0.478 e. The van der Waals surface area contributed by atoms with Crippen LogP contribution in [0.4, 0.5) is 27.8 Å². The second-order valence-corrected chi connectivity index (χ2v) is 5.14. The maximum atomic E-state index is 12.4. The van der Waals surface area contributed by atoms with Gasteiger partial charge in [-0.1, -0.05) is 0 Å². The van der Waals surface area contributed by atoms with Gasteiger partial charge < -0.3 is 16.2 Å². The number of nitrogens with two attached hydrogens (primary N) is 1. The maximum Gasteiger partial charge on any atom is 0.417 e. The molecule has 2 rings (SSSR count). The van der Waals surface area contributed by atoms with E-state index in [1.165, 1.54) is 6.20 Å². The van der Waals surface area contributed by atoms with Crippen molar-refractivity contribution in [2.75, 3.05) is 11.9 Å². The summed E-state index contributed by atoms with van der Waals surface area (Å²) in [5.74, 6) is -2.44. The van der Waals surface area contributed by atoms with Gasteiger partial charge in [-0.3, -0.25) is 9.78 Å². The van der Waals surface area contributed by atoms with Gasteiger partial charge in [-0.15, -0.1) is 0 Å². The Labute approximate surface area is 155 Å². The monoisotopic (exact) mass is 406 g/mol. The van der Waals surface area contributed by atoms with Crippen molar-refractivity contribution in [1.29, 1.82) is 0 Å². The van der Waals surface area contributed by atoms with Gasteiger partial charge in [-0.25, -0.2) is 18.6 Å². The number of carboxylic acids is 1. The summed E-state index contributed by atoms with van der Waals surface area (Å²) in [7, 11) is 0. The summed E-state index contributed by atoms with van der Waals surface area (Å²) in [5, 5.41) is 11.0. The molecule has 0 aromatic carbocycles. The first kappa shape index (κ1) is 22.7. The molecule has 0 saturated carbocycles. The van der Waals surface area contributed by atoms with E-state index in [-0.39, 0.29) is 12.4 Å². The maximum absolute atomic E-state index is 12.4. The fourth-order valence-electron chi connectivity index (χ4n) is 1.73. The van der Waals surface area contributed by atoms with Crippen molar-refractivity contribution in [2.45, 2.75) is 19.0 Å². The van der Waals surface area contributed by atoms with Gasteiger partial charge in [-0.2, -0.15) is 13.2 Å². The number of carboxylic acid groups (broad SMARTS) is 1. The van der Waals surface area contributed by atoms with Crippen molar-refractivity contribution in [3.8, 4) is 0 Å². The van der Waals surface area contributed by atoms with Crippen LogP contribution >= 0.6 is 0 Å². The number of aromatic nitrogens is 2. The Morgan fingerprint density at radius 3 is 2.36 bits per heavy atom. The SMILES string of the molecule is NC(=O)c1cccnc1.O=C(O)c1cc(C(F)(F)F)cnc1NCCC(F)F. The third kappa shape index (κ3) is 7.51. The van der Waals surface area contributed by atoms with E-state index < -0.39 is 42.0 Å². The average molecular weight is 406 g/mol. The number of pyridine rings is 2. The summed E-state index contributed by atoms with van der Waals surface area (Å²) in [6.45, 7) is -0.295. The number of halogens is 5. The minimum atomic E-state index is -4.72. The van der Waals surface area contributed by atoms with Crippen LogP contribution in [0.3, 0.4) is 0 Å². The zero-order valence-corrected chi connectivity index (χ0v) is 14.1. The molecule has 0 unspecified atom stereocenters. The summed E-state index contributed by atoms with van der Waals surface area (Å²) >= 11 is 0. The fraction of sp³-hybridized carbons (Fsp3) is 0.250. The molecule has 4 N–H and O–H groups in total. The standard InChI is InChI=1S/C10H9F5N2O2.C6H6N2O/c11-7(12)1-2-16-8-6(9(18)19)3-5(4-17-8)10(13,14)15;7-6(9)5-2-1-3-8-4-5/h3-4,7H,1-2H2,(H,16,17)(H,18,19);1-4H,(H2,7,9). The van der Waals surface area contributed by atoms with E-state index in [1.807, 2.05) is 0 Å². The number of hydrogen-bond acceptors (Lipinski definition) is 5. The van der Waals surface area contributed by atoms with Crippen LogP contribution in [0.15, 0.2) is 36.8 Å². The van der Waals surface area contributed by atoms with E-state index >= 15 is 0 Å². The lowest BCUT2D eigenvalue weighted by Crippen LogP contribution is -2.14. The molecule has 0 bridgehead atoms. The number of aromatic carboxylic acids is 1. The molecule has 0 atom stereocenters. The number of nitrogens with zero attached hydrogens (tertiary/aromatic N) is 2. The molecule has 1 amide bonds. The van der Waals surface area contributed by atoms with Crippen molar-refractivity contribution in [3.63, 3.8) is 0 Å². The lowest BCUT2D eigenvalue weighted by molar-refractivity contribution is -0.137. The predicted molar refractivity (Wildman–Crippen MR) is 88.1 cm³/mol. The lowest BCUT2D eigenvalue weighted by Gasteiger charge is -2.11. The molecule has 2 aromatic rings. The van der Waals surface area contributed by atoms with Crippen LogP contribution in [0.1, 0.15) is 32.7 Å². The molecule has 0 aliphatic rings. The number of nitrogens with one attached hydrogen (secondary N) is 1. The van der Waals surface area contributed by atoms with Gasteiger partial charge in [-0.05, 0) is 18.2 Å². The molecule has 0 aliphatic heterocycles. The van der Waals surface area contributed by atoms with Crippen molar-refractivity contribution in [3.05, 3.63) is 53.5 Å². The summed E-state index contributed by atoms with van der Waals surface area (Å²) in [5.41, 5.74) is 3.44. The van der Waals surface area contributed by atoms with Crippen molar-refractivity contribution in [1.82, 2.24) is 9.97 Å². The first-order valence-corrected chi connectivity index (χ1v) is 7.54. The van der Waals surface area contributed by atoms with Gasteiger partial charge in [0.2, 0.25) is 12.3 Å². The molecular formula is C16H15F5N4O3. The van der Waals surface area contributed by atoms with Gasteiger partial charge >= 0.3 is 12.1 Å². The number of alkyl halides is 5. The minimum absolute atomic E-state index is 0.295. The Bertz CT molecular complexity index is 801. The third-order valence-electron chi connectivity index (χ3n) is 3.05. The van der Waals surface area contributed by atoms with Crippen LogP contribution in [0.5, 0.6) is 0 Å². The zero-order valence-electron chi connectivity index (χ0n) is 14.1. The highest BCUT2D eigenvalue weighted by Gasteiger charge is 2.32. The van der Waals surface area contributed by atoms with E-state index in [4.69, 9.17) is 10.8 Å². The van der Waals surface area contributed by atoms with Gasteiger partial charge in [0, 0.05) is 31.6 Å². The van der Waals surface area contributed by atoms with Crippen LogP contribution < -0.4 is 11.1 Å². The van der Waals surface area contributed by atoms with Crippen LogP contribution in [-0.4, -0.2) is 39.9 Å². The molecule has 2 heterocycles. The lowest BCUT2D eigenvalue weighted by atomic mass is 10.2. The molecule has 12 heteroatoms. The summed E-state index contributed by atoms with van der Waals surface area (Å²) in [6.07, 6.45) is -4.43. The number of carbonyl (C=O) groups is 2. The highest BCUT2D eigenvalue weighted by Crippen LogP contribution is 2.30. The van der Waals surface area contributed by atoms with Crippen molar-refractivity contribution < 1.29 is 36.6 Å². The largest absolute Gasteiger partial charge is 0.478 e. The van der Waals surface area contributed by atoms with Crippen molar-refractivity contribution in [2.24, 2.45) is 5.73 Å². The second-order valence-electron chi connectivity index (χ2n) is 5.14. The molecule has 28 heavy (non-hydrogen) atoms. The van der Waals surface area contributed by atoms with Gasteiger partial charge in [0.1, 0.15) is 11.4 Å². The summed E-state index contributed by atoms with van der Waals surface area (Å²) < 4.78 is 60.9. The Balaban J connectivity index is 0.000000362. The molecule has 152 valence electrons. The molecule has 0 saturated heterocycles. The van der Waals surface area contributed by atoms with Crippen LogP contribution in [0.25, 0.3) is 0 Å². The topological polar surface area (TPSA) is 118 Å². The molecule has 2 aromatic heterocycles. The van der Waals surface area contributed by atoms with Gasteiger partial charge in [0.05, 0.1) is 11.1 Å². The fourth-order valence-corrected chi connectivity index (χ4v) is 1.73. The highest BCUT2D eigenvalue weighted by molar-refractivity contribution is 5.93. The first-order chi connectivity index (χ1) is 13.0. The van der Waals surface area contributed by atoms with Crippen LogP contribution in [0.2, 0.25) is 0 Å². The van der Waals surface area contributed by atoms with E-state index in [9.17, 15) is 31.5 Å². The molecule has 0 fully saturated rings. The van der Waals surface area contributed by atoms with Crippen LogP contribution in [-0.2, 0) is 6.18 Å². The molecule has 0 radical (unpaired) electrons. The van der Waals surface area contributed by atoms with E-state index in [1.54, 1.807) is 18.3 Å². The number of rotatable bonds is 6. The summed E-state index contributed by atoms with van der Waals surface area (Å²) in [4.78, 5) is 28.2. The quantitative estimate of drug-likeness (QED) is 0.635. The second kappa shape index (κ2) is 10.1. The predicted octanol–water partition coefficient (Wildman–Crippen LogP) is 3.05. The number of carbonyl (C=O) groups excluding carboxylic acids is 1. The highest BCUT2D eigenvalue weighted by atomic mass is 19.4. The molecular weight excluding hydrogens is 391 g/mol. The number of hydrogen-bond donors (Lipinski definition) is 3. The Hall–Kier alpha value is -3.31. The van der Waals surface area contributed by atoms with Crippen LogP contribution in [0, 0.1) is 0 Å². The van der Waals surface area contributed by atoms with E-state index in [0.717, 1.165) is 0 Å². The molecule has 0 aliphatic carbocycles. The Morgan fingerprint density at radius 1 is 1.25 bits per heavy atom. The molecule has 0 spiro atoms. The smallest absolute Gasteiger partial charge is 0.417 e. The first-order valence-electron chi connectivity index (χ1n) is 7.54. The summed E-state index contributed by atoms with van der Waals surface area (Å²) in [6, 6.07) is 3.69. The molecule has 7 nitrogen and oxygen atoms in total. The average Bonchev–Trinajstić information content (AvgIpc) is 2.62. The van der Waals surface area contributed by atoms with E-state index in [2.05, 4.69) is 15.3 Å². The zero-order chi connectivity index (χ0) is 21.3. The van der Waals surface area contributed by atoms with Gasteiger partial charge in [0.25, 0.3) is 0 Å². The number of amides is 1. The number of primary amides is 1. The number of anilines is 1. The van der Waals surface area contributed by atoms with Gasteiger partial charge in [0.15, 0.2) is 0 Å². The van der Waals surface area contributed by atoms with E-state index in [0.29, 0.717) is 17.8 Å². The normalized spacial score (nSPS) is 10.8. The van der Waals surface area contributed by atoms with Crippen molar-refractivity contribution >= 4 is 17.7 Å². The Kier molecular flexibility index (Phi) is 8.23. The Morgan fingerprint density at radius 2 is 1.93 bits per heavy atom.